The first-order valence-electron chi connectivity index (χ1n) is 3.72. The molecule has 0 saturated carbocycles. The number of amides is 3. The fourth-order valence-corrected chi connectivity index (χ4v) is 1.39. The van der Waals surface area contributed by atoms with E-state index >= 15 is 0 Å². The van der Waals surface area contributed by atoms with Crippen molar-refractivity contribution >= 4 is 32.0 Å². The summed E-state index contributed by atoms with van der Waals surface area (Å²) in [6, 6.07) is -1.53. The molecule has 0 unspecified atom stereocenters. The second kappa shape index (κ2) is 4.23. The maximum absolute atomic E-state index is 11.2. The molecule has 0 aromatic carbocycles. The van der Waals surface area contributed by atoms with Gasteiger partial charge in [0.05, 0.1) is 0 Å². The van der Waals surface area contributed by atoms with Gasteiger partial charge in [-0.25, -0.2) is 9.59 Å². The molecule has 0 spiro atoms. The van der Waals surface area contributed by atoms with Crippen LogP contribution in [0.3, 0.4) is 0 Å². The molecular weight excluding hydrogens is 248 g/mol. The fraction of sp³-hybridized carbons (Fsp3) is 0.667. The van der Waals surface area contributed by atoms with E-state index in [-0.39, 0.29) is 4.31 Å². The third-order valence-corrected chi connectivity index (χ3v) is 2.16. The van der Waals surface area contributed by atoms with Crippen LogP contribution >= 0.6 is 10.7 Å². The molecule has 0 aromatic heterocycles. The van der Waals surface area contributed by atoms with Crippen LogP contribution in [0.2, 0.25) is 0 Å². The van der Waals surface area contributed by atoms with Crippen molar-refractivity contribution in [1.82, 2.24) is 4.31 Å². The summed E-state index contributed by atoms with van der Waals surface area (Å²) >= 11 is 0. The van der Waals surface area contributed by atoms with Crippen LogP contribution in [0.5, 0.6) is 0 Å². The second-order valence-electron chi connectivity index (χ2n) is 3.53. The van der Waals surface area contributed by atoms with Crippen molar-refractivity contribution in [3.63, 3.8) is 0 Å². The molecule has 2 N–H and O–H groups in total. The summed E-state index contributed by atoms with van der Waals surface area (Å²) in [6.07, 6.45) is -1.44. The van der Waals surface area contributed by atoms with Gasteiger partial charge < -0.3 is 10.5 Å². The maximum Gasteiger partial charge on any atom is 0.433 e. The van der Waals surface area contributed by atoms with Gasteiger partial charge in [0.25, 0.3) is 0 Å². The number of carbonyl (C=O) groups is 2. The number of carbonyl (C=O) groups excluding carboxylic acids is 2. The smallest absolute Gasteiger partial charge is 0.433 e. The largest absolute Gasteiger partial charge is 0.443 e. The van der Waals surface area contributed by atoms with Gasteiger partial charge >= 0.3 is 21.4 Å². The number of primary amides is 1. The van der Waals surface area contributed by atoms with Crippen LogP contribution in [0.25, 0.3) is 0 Å². The number of nitrogens with zero attached hydrogens (tertiary/aromatic N) is 1. The third kappa shape index (κ3) is 4.84. The van der Waals surface area contributed by atoms with Crippen LogP contribution in [0.4, 0.5) is 9.59 Å². The molecule has 0 bridgehead atoms. The summed E-state index contributed by atoms with van der Waals surface area (Å²) in [5, 5.41) is 0. The van der Waals surface area contributed by atoms with Gasteiger partial charge in [-0.15, -0.1) is 4.31 Å². The van der Waals surface area contributed by atoms with E-state index in [1.54, 1.807) is 0 Å². The van der Waals surface area contributed by atoms with Crippen LogP contribution in [0.1, 0.15) is 20.8 Å². The Hall–Kier alpha value is -1.02. The number of rotatable bonds is 1. The predicted octanol–water partition coefficient (Wildman–Crippen LogP) is 0.786. The maximum atomic E-state index is 11.2. The lowest BCUT2D eigenvalue weighted by Gasteiger charge is -2.22. The molecule has 0 aliphatic heterocycles. The highest BCUT2D eigenvalue weighted by Crippen LogP contribution is 2.14. The van der Waals surface area contributed by atoms with Gasteiger partial charge in [-0.2, -0.15) is 8.42 Å². The highest BCUT2D eigenvalue weighted by Gasteiger charge is 2.34. The van der Waals surface area contributed by atoms with Gasteiger partial charge in [0.1, 0.15) is 5.60 Å². The SMILES string of the molecule is CC(C)(C)OC(=O)N(C(N)=O)S(=O)(=O)Cl. The van der Waals surface area contributed by atoms with E-state index in [9.17, 15) is 18.0 Å². The number of hydrogen-bond donors (Lipinski definition) is 1. The summed E-state index contributed by atoms with van der Waals surface area (Å²) in [7, 11) is 0.235. The molecule has 0 aliphatic rings. The topological polar surface area (TPSA) is 107 Å². The third-order valence-electron chi connectivity index (χ3n) is 0.978. The van der Waals surface area contributed by atoms with Crippen molar-refractivity contribution in [3.8, 4) is 0 Å². The molecule has 0 aromatic rings. The Bertz CT molecular complexity index is 371. The highest BCUT2D eigenvalue weighted by atomic mass is 35.7. The number of nitrogens with two attached hydrogens (primary N) is 1. The van der Waals surface area contributed by atoms with Gasteiger partial charge in [-0.3, -0.25) is 0 Å². The number of halogens is 1. The van der Waals surface area contributed by atoms with Crippen LogP contribution in [0.15, 0.2) is 0 Å². The lowest BCUT2D eigenvalue weighted by molar-refractivity contribution is 0.0441. The van der Waals surface area contributed by atoms with E-state index < -0.39 is 27.0 Å². The molecule has 0 aliphatic carbocycles. The van der Waals surface area contributed by atoms with Gasteiger partial charge in [-0.1, -0.05) is 0 Å². The number of urea groups is 1. The molecule has 9 heteroatoms. The second-order valence-corrected chi connectivity index (χ2v) is 5.88. The van der Waals surface area contributed by atoms with E-state index in [1.807, 2.05) is 0 Å². The fourth-order valence-electron chi connectivity index (χ4n) is 0.590. The van der Waals surface area contributed by atoms with Crippen LogP contribution in [-0.4, -0.2) is 30.4 Å². The lowest BCUT2D eigenvalue weighted by atomic mass is 10.2. The molecule has 15 heavy (non-hydrogen) atoms. The summed E-state index contributed by atoms with van der Waals surface area (Å²) in [5.74, 6) is 0. The molecule has 0 atom stereocenters. The molecule has 0 fully saturated rings. The van der Waals surface area contributed by atoms with E-state index in [2.05, 4.69) is 10.5 Å². The van der Waals surface area contributed by atoms with E-state index in [4.69, 9.17) is 10.7 Å². The average molecular weight is 259 g/mol. The van der Waals surface area contributed by atoms with Crippen molar-refractivity contribution in [2.24, 2.45) is 5.73 Å². The van der Waals surface area contributed by atoms with E-state index in [0.717, 1.165) is 0 Å². The van der Waals surface area contributed by atoms with E-state index in [1.165, 1.54) is 20.8 Å². The van der Waals surface area contributed by atoms with Gasteiger partial charge in [0, 0.05) is 10.7 Å². The van der Waals surface area contributed by atoms with Crippen molar-refractivity contribution in [2.75, 3.05) is 0 Å². The minimum absolute atomic E-state index is 0.361. The first-order valence-corrected chi connectivity index (χ1v) is 5.99. The summed E-state index contributed by atoms with van der Waals surface area (Å²) in [5.41, 5.74) is 3.70. The standard InChI is InChI=1S/C6H11ClN2O5S/c1-6(2,3)14-5(11)9(4(8)10)15(7,12)13/h1-3H3,(H2,8,10). The minimum Gasteiger partial charge on any atom is -0.443 e. The van der Waals surface area contributed by atoms with Crippen LogP contribution in [-0.2, 0) is 14.0 Å². The molecule has 3 amide bonds. The zero-order chi connectivity index (χ0) is 12.4. The van der Waals surface area contributed by atoms with Crippen molar-refractivity contribution in [3.05, 3.63) is 0 Å². The van der Waals surface area contributed by atoms with Gasteiger partial charge in [-0.05, 0) is 20.8 Å². The zero-order valence-electron chi connectivity index (χ0n) is 8.35. The Morgan fingerprint density at radius 3 is 1.93 bits per heavy atom. The van der Waals surface area contributed by atoms with Crippen LogP contribution < -0.4 is 5.73 Å². The molecule has 0 rings (SSSR count). The normalized spacial score (nSPS) is 12.0. The Labute approximate surface area is 91.7 Å². The Morgan fingerprint density at radius 1 is 1.33 bits per heavy atom. The summed E-state index contributed by atoms with van der Waals surface area (Å²) < 4.78 is 25.8. The summed E-state index contributed by atoms with van der Waals surface area (Å²) in [6.45, 7) is 4.47. The molecule has 0 radical (unpaired) electrons. The Morgan fingerprint density at radius 2 is 1.73 bits per heavy atom. The van der Waals surface area contributed by atoms with Gasteiger partial charge in [0.2, 0.25) is 0 Å². The number of ether oxygens (including phenoxy) is 1. The Balaban J connectivity index is 5.00. The molecular formula is C6H11ClN2O5S. The average Bonchev–Trinajstić information content (AvgIpc) is 1.74. The Kier molecular flexibility index (Phi) is 3.94. The monoisotopic (exact) mass is 258 g/mol. The molecule has 7 nitrogen and oxygen atoms in total. The van der Waals surface area contributed by atoms with E-state index in [0.29, 0.717) is 0 Å². The van der Waals surface area contributed by atoms with Crippen molar-refractivity contribution in [1.29, 1.82) is 0 Å². The van der Waals surface area contributed by atoms with Crippen LogP contribution in [0, 0.1) is 0 Å². The number of hydrogen-bond acceptors (Lipinski definition) is 5. The predicted molar refractivity (Wildman–Crippen MR) is 52.4 cm³/mol. The summed E-state index contributed by atoms with van der Waals surface area (Å²) in [4.78, 5) is 21.8. The first-order chi connectivity index (χ1) is 6.45. The zero-order valence-corrected chi connectivity index (χ0v) is 9.92. The highest BCUT2D eigenvalue weighted by molar-refractivity contribution is 8.12. The quantitative estimate of drug-likeness (QED) is 0.700. The molecule has 0 saturated heterocycles. The molecule has 0 heterocycles. The first kappa shape index (κ1) is 14.0. The lowest BCUT2D eigenvalue weighted by Crippen LogP contribution is -2.45. The van der Waals surface area contributed by atoms with Crippen molar-refractivity contribution in [2.45, 2.75) is 26.4 Å². The minimum atomic E-state index is -4.58. The molecule has 88 valence electrons. The van der Waals surface area contributed by atoms with Crippen molar-refractivity contribution < 1.29 is 22.7 Å². The van der Waals surface area contributed by atoms with Gasteiger partial charge in [0.15, 0.2) is 0 Å². The number of imide groups is 1.